The van der Waals surface area contributed by atoms with Gasteiger partial charge in [-0.25, -0.2) is 9.97 Å². The van der Waals surface area contributed by atoms with E-state index in [9.17, 15) is 0 Å². The number of nitrogens with one attached hydrogen (secondary N) is 2. The van der Waals surface area contributed by atoms with Crippen molar-refractivity contribution in [2.24, 2.45) is 0 Å². The van der Waals surface area contributed by atoms with Crippen molar-refractivity contribution >= 4 is 16.9 Å². The van der Waals surface area contributed by atoms with Gasteiger partial charge in [-0.1, -0.05) is 6.07 Å². The first-order valence-electron chi connectivity index (χ1n) is 5.35. The third-order valence-corrected chi connectivity index (χ3v) is 2.47. The van der Waals surface area contributed by atoms with E-state index in [1.807, 2.05) is 24.3 Å². The molecule has 0 spiro atoms. The molecule has 2 N–H and O–H groups in total. The maximum atomic E-state index is 4.25. The number of imidazole rings is 1. The topological polar surface area (TPSA) is 66.5 Å². The summed E-state index contributed by atoms with van der Waals surface area (Å²) in [5.41, 5.74) is 3.59. The zero-order chi connectivity index (χ0) is 11.5. The zero-order valence-electron chi connectivity index (χ0n) is 9.09. The van der Waals surface area contributed by atoms with Crippen LogP contribution in [0.3, 0.4) is 0 Å². The van der Waals surface area contributed by atoms with Gasteiger partial charge in [0.25, 0.3) is 0 Å². The molecule has 0 amide bonds. The van der Waals surface area contributed by atoms with Crippen molar-refractivity contribution in [2.45, 2.75) is 6.54 Å². The largest absolute Gasteiger partial charge is 0.378 e. The Morgan fingerprint density at radius 2 is 2.18 bits per heavy atom. The number of anilines is 1. The monoisotopic (exact) mass is 225 g/mol. The van der Waals surface area contributed by atoms with Gasteiger partial charge in [0.05, 0.1) is 30.5 Å². The number of pyridine rings is 2. The fourth-order valence-electron chi connectivity index (χ4n) is 1.62. The zero-order valence-corrected chi connectivity index (χ0v) is 9.09. The minimum Gasteiger partial charge on any atom is -0.378 e. The second-order valence-corrected chi connectivity index (χ2v) is 3.67. The second kappa shape index (κ2) is 4.21. The van der Waals surface area contributed by atoms with Crippen LogP contribution in [0.15, 0.2) is 43.0 Å². The van der Waals surface area contributed by atoms with E-state index in [2.05, 4.69) is 25.3 Å². The van der Waals surface area contributed by atoms with Crippen molar-refractivity contribution < 1.29 is 0 Å². The summed E-state index contributed by atoms with van der Waals surface area (Å²) in [4.78, 5) is 15.6. The Labute approximate surface area is 98.0 Å². The van der Waals surface area contributed by atoms with Crippen LogP contribution in [-0.4, -0.2) is 19.9 Å². The van der Waals surface area contributed by atoms with Crippen molar-refractivity contribution in [3.8, 4) is 0 Å². The third kappa shape index (κ3) is 2.08. The SMILES string of the molecule is c1ccc(CNc2cnc3[nH]cnc3c2)nc1. The Morgan fingerprint density at radius 3 is 3.06 bits per heavy atom. The summed E-state index contributed by atoms with van der Waals surface area (Å²) in [5, 5.41) is 3.26. The number of hydrogen-bond acceptors (Lipinski definition) is 4. The van der Waals surface area contributed by atoms with Crippen LogP contribution in [0.5, 0.6) is 0 Å². The molecule has 3 aromatic heterocycles. The number of nitrogens with zero attached hydrogens (tertiary/aromatic N) is 3. The van der Waals surface area contributed by atoms with Gasteiger partial charge >= 0.3 is 0 Å². The molecule has 3 heterocycles. The van der Waals surface area contributed by atoms with E-state index < -0.39 is 0 Å². The molecule has 0 atom stereocenters. The third-order valence-electron chi connectivity index (χ3n) is 2.47. The standard InChI is InChI=1S/C12H11N5/c1-2-4-13-9(3-1)6-14-10-5-11-12(15-7-10)17-8-16-11/h1-5,7-8,14H,6H2,(H,15,16,17). The lowest BCUT2D eigenvalue weighted by Gasteiger charge is -2.04. The summed E-state index contributed by atoms with van der Waals surface area (Å²) < 4.78 is 0. The molecule has 0 bridgehead atoms. The predicted octanol–water partition coefficient (Wildman–Crippen LogP) is 1.96. The van der Waals surface area contributed by atoms with Crippen molar-refractivity contribution in [3.05, 3.63) is 48.7 Å². The predicted molar refractivity (Wildman–Crippen MR) is 65.5 cm³/mol. The van der Waals surface area contributed by atoms with Gasteiger partial charge < -0.3 is 10.3 Å². The molecule has 5 heteroatoms. The lowest BCUT2D eigenvalue weighted by atomic mass is 10.3. The molecule has 0 aliphatic heterocycles. The van der Waals surface area contributed by atoms with E-state index in [0.29, 0.717) is 6.54 Å². The Morgan fingerprint density at radius 1 is 1.18 bits per heavy atom. The highest BCUT2D eigenvalue weighted by atomic mass is 15.0. The second-order valence-electron chi connectivity index (χ2n) is 3.67. The quantitative estimate of drug-likeness (QED) is 0.715. The van der Waals surface area contributed by atoms with Crippen molar-refractivity contribution in [1.29, 1.82) is 0 Å². The molecule has 0 unspecified atom stereocenters. The van der Waals surface area contributed by atoms with Crippen LogP contribution in [0.2, 0.25) is 0 Å². The molecular formula is C12H11N5. The highest BCUT2D eigenvalue weighted by Crippen LogP contribution is 2.13. The number of hydrogen-bond donors (Lipinski definition) is 2. The van der Waals surface area contributed by atoms with Crippen LogP contribution in [0.25, 0.3) is 11.2 Å². The lowest BCUT2D eigenvalue weighted by Crippen LogP contribution is -2.01. The molecule has 0 saturated heterocycles. The molecule has 17 heavy (non-hydrogen) atoms. The first kappa shape index (κ1) is 9.77. The van der Waals surface area contributed by atoms with Crippen LogP contribution in [0, 0.1) is 0 Å². The summed E-state index contributed by atoms with van der Waals surface area (Å²) in [7, 11) is 0. The van der Waals surface area contributed by atoms with E-state index >= 15 is 0 Å². The van der Waals surface area contributed by atoms with Crippen LogP contribution >= 0.6 is 0 Å². The van der Waals surface area contributed by atoms with Gasteiger partial charge in [0.2, 0.25) is 0 Å². The Hall–Kier alpha value is -2.43. The number of aromatic amines is 1. The van der Waals surface area contributed by atoms with Gasteiger partial charge in [0.15, 0.2) is 5.65 Å². The smallest absolute Gasteiger partial charge is 0.157 e. The molecule has 0 saturated carbocycles. The minimum atomic E-state index is 0.679. The molecule has 5 nitrogen and oxygen atoms in total. The first-order valence-corrected chi connectivity index (χ1v) is 5.35. The molecule has 0 aromatic carbocycles. The van der Waals surface area contributed by atoms with Crippen LogP contribution in [-0.2, 0) is 6.54 Å². The van der Waals surface area contributed by atoms with Gasteiger partial charge in [-0.15, -0.1) is 0 Å². The average Bonchev–Trinajstić information content (AvgIpc) is 2.85. The van der Waals surface area contributed by atoms with Gasteiger partial charge in [-0.05, 0) is 18.2 Å². The number of aromatic nitrogens is 4. The van der Waals surface area contributed by atoms with Crippen molar-refractivity contribution in [1.82, 2.24) is 19.9 Å². The molecule has 0 fully saturated rings. The van der Waals surface area contributed by atoms with E-state index in [1.165, 1.54) is 0 Å². The van der Waals surface area contributed by atoms with E-state index in [4.69, 9.17) is 0 Å². The van der Waals surface area contributed by atoms with Crippen molar-refractivity contribution in [2.75, 3.05) is 5.32 Å². The fourth-order valence-corrected chi connectivity index (χ4v) is 1.62. The van der Waals surface area contributed by atoms with E-state index in [0.717, 1.165) is 22.5 Å². The first-order chi connectivity index (χ1) is 8.42. The lowest BCUT2D eigenvalue weighted by molar-refractivity contribution is 1.04. The van der Waals surface area contributed by atoms with Crippen LogP contribution in [0.1, 0.15) is 5.69 Å². The Kier molecular flexibility index (Phi) is 2.42. The molecule has 3 aromatic rings. The van der Waals surface area contributed by atoms with Crippen molar-refractivity contribution in [3.63, 3.8) is 0 Å². The van der Waals surface area contributed by atoms with Gasteiger partial charge in [0, 0.05) is 6.20 Å². The van der Waals surface area contributed by atoms with E-state index in [-0.39, 0.29) is 0 Å². The van der Waals surface area contributed by atoms with Crippen LogP contribution in [0.4, 0.5) is 5.69 Å². The minimum absolute atomic E-state index is 0.679. The summed E-state index contributed by atoms with van der Waals surface area (Å²) in [6.45, 7) is 0.679. The van der Waals surface area contributed by atoms with Crippen LogP contribution < -0.4 is 5.32 Å². The summed E-state index contributed by atoms with van der Waals surface area (Å²) >= 11 is 0. The average molecular weight is 225 g/mol. The Balaban J connectivity index is 1.76. The molecular weight excluding hydrogens is 214 g/mol. The maximum Gasteiger partial charge on any atom is 0.157 e. The molecule has 0 radical (unpaired) electrons. The maximum absolute atomic E-state index is 4.25. The fraction of sp³-hybridized carbons (Fsp3) is 0.0833. The highest BCUT2D eigenvalue weighted by Gasteiger charge is 1.99. The molecule has 3 rings (SSSR count). The van der Waals surface area contributed by atoms with Gasteiger partial charge in [-0.2, -0.15) is 0 Å². The summed E-state index contributed by atoms with van der Waals surface area (Å²) in [6.07, 6.45) is 5.20. The normalized spacial score (nSPS) is 10.6. The number of rotatable bonds is 3. The summed E-state index contributed by atoms with van der Waals surface area (Å²) in [6, 6.07) is 7.81. The number of fused-ring (bicyclic) bond motifs is 1. The van der Waals surface area contributed by atoms with E-state index in [1.54, 1.807) is 18.7 Å². The highest BCUT2D eigenvalue weighted by molar-refractivity contribution is 5.73. The Bertz CT molecular complexity index is 617. The van der Waals surface area contributed by atoms with Gasteiger partial charge in [-0.3, -0.25) is 4.98 Å². The molecule has 0 aliphatic rings. The molecule has 84 valence electrons. The number of H-pyrrole nitrogens is 1. The summed E-state index contributed by atoms with van der Waals surface area (Å²) in [5.74, 6) is 0. The van der Waals surface area contributed by atoms with Gasteiger partial charge in [0.1, 0.15) is 5.52 Å². The molecule has 0 aliphatic carbocycles.